The molecule has 3 heterocycles. The van der Waals surface area contributed by atoms with Crippen LogP contribution in [0, 0.1) is 19.7 Å². The van der Waals surface area contributed by atoms with Crippen LogP contribution in [0.3, 0.4) is 0 Å². The van der Waals surface area contributed by atoms with Gasteiger partial charge in [0.25, 0.3) is 0 Å². The first-order chi connectivity index (χ1) is 17.4. The fourth-order valence-electron chi connectivity index (χ4n) is 3.89. The molecule has 1 aromatic carbocycles. The number of halogens is 2. The molecule has 1 amide bonds. The van der Waals surface area contributed by atoms with E-state index in [1.54, 1.807) is 40.0 Å². The lowest BCUT2D eigenvalue weighted by Crippen LogP contribution is -2.51. The van der Waals surface area contributed by atoms with Crippen molar-refractivity contribution in [3.05, 3.63) is 40.8 Å². The molecule has 12 heteroatoms. The number of nitrogens with two attached hydrogens (primary N) is 1. The van der Waals surface area contributed by atoms with E-state index in [-0.39, 0.29) is 37.0 Å². The van der Waals surface area contributed by atoms with Crippen molar-refractivity contribution in [3.8, 4) is 22.2 Å². The van der Waals surface area contributed by atoms with Gasteiger partial charge < -0.3 is 25.4 Å². The highest BCUT2D eigenvalue weighted by atomic mass is 32.1. The van der Waals surface area contributed by atoms with Gasteiger partial charge in [0.2, 0.25) is 11.8 Å². The van der Waals surface area contributed by atoms with Crippen LogP contribution >= 0.6 is 11.3 Å². The van der Waals surface area contributed by atoms with Gasteiger partial charge in [0.15, 0.2) is 0 Å². The zero-order valence-electron chi connectivity index (χ0n) is 21.3. The van der Waals surface area contributed by atoms with Gasteiger partial charge in [-0.3, -0.25) is 0 Å². The van der Waals surface area contributed by atoms with Crippen LogP contribution in [0.1, 0.15) is 37.8 Å². The summed E-state index contributed by atoms with van der Waals surface area (Å²) < 4.78 is 39.9. The number of rotatable bonds is 5. The molecule has 2 aromatic heterocycles. The van der Waals surface area contributed by atoms with E-state index in [0.717, 1.165) is 5.01 Å². The minimum Gasteiger partial charge on any atom is -0.444 e. The Morgan fingerprint density at radius 1 is 1.24 bits per heavy atom. The summed E-state index contributed by atoms with van der Waals surface area (Å²) in [6, 6.07) is 4.01. The van der Waals surface area contributed by atoms with Crippen LogP contribution in [-0.2, 0) is 4.74 Å². The summed E-state index contributed by atoms with van der Waals surface area (Å²) in [6.07, 6.45) is -0.00987. The fourth-order valence-corrected chi connectivity index (χ4v) is 4.71. The minimum atomic E-state index is -1.21. The Bertz CT molecular complexity index is 1300. The molecule has 37 heavy (non-hydrogen) atoms. The third-order valence-electron chi connectivity index (χ3n) is 5.48. The highest BCUT2D eigenvalue weighted by molar-refractivity contribution is 7.15. The maximum absolute atomic E-state index is 14.5. The molecule has 3 aromatic rings. The van der Waals surface area contributed by atoms with Gasteiger partial charge in [-0.2, -0.15) is 0 Å². The van der Waals surface area contributed by atoms with E-state index in [1.165, 1.54) is 28.4 Å². The Morgan fingerprint density at radius 3 is 2.73 bits per heavy atom. The van der Waals surface area contributed by atoms with Crippen LogP contribution in [0.4, 0.5) is 25.2 Å². The molecule has 2 atom stereocenters. The molecular weight excluding hydrogens is 502 g/mol. The number of nitrogens with one attached hydrogen (secondary N) is 1. The van der Waals surface area contributed by atoms with Crippen LogP contribution in [0.5, 0.6) is 11.6 Å². The third kappa shape index (κ3) is 6.62. The summed E-state index contributed by atoms with van der Waals surface area (Å²) in [4.78, 5) is 27.8. The van der Waals surface area contributed by atoms with Crippen molar-refractivity contribution in [1.82, 2.24) is 19.9 Å². The van der Waals surface area contributed by atoms with E-state index in [9.17, 15) is 13.6 Å². The number of aromatic nitrogens is 3. The lowest BCUT2D eigenvalue weighted by atomic mass is 10.0. The Kier molecular flexibility index (Phi) is 7.49. The van der Waals surface area contributed by atoms with Crippen LogP contribution in [0.25, 0.3) is 10.6 Å². The number of amides is 1. The number of thiazole rings is 1. The molecule has 9 nitrogen and oxygen atoms in total. The number of hydrogen-bond donors (Lipinski definition) is 2. The van der Waals surface area contributed by atoms with Gasteiger partial charge in [-0.15, -0.1) is 11.3 Å². The van der Waals surface area contributed by atoms with E-state index in [4.69, 9.17) is 15.2 Å². The Hall–Kier alpha value is -3.54. The van der Waals surface area contributed by atoms with Gasteiger partial charge in [-0.25, -0.2) is 28.5 Å². The molecule has 1 aliphatic rings. The van der Waals surface area contributed by atoms with E-state index >= 15 is 0 Å². The van der Waals surface area contributed by atoms with Gasteiger partial charge in [0.05, 0.1) is 22.9 Å². The highest BCUT2D eigenvalue weighted by Crippen LogP contribution is 2.38. The van der Waals surface area contributed by atoms with E-state index in [2.05, 4.69) is 20.3 Å². The summed E-state index contributed by atoms with van der Waals surface area (Å²) in [5, 5.41) is 3.87. The third-order valence-corrected chi connectivity index (χ3v) is 6.45. The summed E-state index contributed by atoms with van der Waals surface area (Å²) >= 11 is 1.36. The molecule has 4 rings (SSSR count). The molecule has 198 valence electrons. The maximum Gasteiger partial charge on any atom is 0.410 e. The normalized spacial score (nSPS) is 18.0. The fraction of sp³-hybridized carbons (Fsp3) is 0.440. The topological polar surface area (TPSA) is 115 Å². The zero-order valence-corrected chi connectivity index (χ0v) is 22.2. The van der Waals surface area contributed by atoms with Gasteiger partial charge in [-0.05, 0) is 52.3 Å². The zero-order chi connectivity index (χ0) is 26.9. The second-order valence-electron chi connectivity index (χ2n) is 9.93. The molecule has 0 radical (unpaired) electrons. The molecule has 0 spiro atoms. The summed E-state index contributed by atoms with van der Waals surface area (Å²) in [5.74, 6) is 0.259. The van der Waals surface area contributed by atoms with Gasteiger partial charge >= 0.3 is 6.09 Å². The second kappa shape index (κ2) is 10.4. The number of carbonyl (C=O) groups excluding carboxylic acids is 1. The molecule has 3 N–H and O–H groups in total. The number of nitrogen functional groups attached to an aromatic ring is 1. The molecule has 0 saturated carbocycles. The van der Waals surface area contributed by atoms with Crippen LogP contribution in [-0.4, -0.2) is 56.8 Å². The second-order valence-corrected chi connectivity index (χ2v) is 11.1. The van der Waals surface area contributed by atoms with Crippen molar-refractivity contribution in [2.24, 2.45) is 0 Å². The monoisotopic (exact) mass is 532 g/mol. The highest BCUT2D eigenvalue weighted by Gasteiger charge is 2.33. The van der Waals surface area contributed by atoms with E-state index < -0.39 is 29.7 Å². The predicted molar refractivity (Wildman–Crippen MR) is 138 cm³/mol. The number of likely N-dealkylation sites (tertiary alicyclic amines) is 1. The van der Waals surface area contributed by atoms with Crippen LogP contribution < -0.4 is 15.8 Å². The summed E-state index contributed by atoms with van der Waals surface area (Å²) in [5.41, 5.74) is 6.19. The Balaban J connectivity index is 1.53. The first-order valence-electron chi connectivity index (χ1n) is 11.8. The summed E-state index contributed by atoms with van der Waals surface area (Å²) in [6.45, 7) is 9.11. The first-order valence-corrected chi connectivity index (χ1v) is 12.6. The number of benzene rings is 1. The number of anilines is 2. The molecule has 0 bridgehead atoms. The van der Waals surface area contributed by atoms with Crippen molar-refractivity contribution >= 4 is 29.1 Å². The van der Waals surface area contributed by atoms with Crippen molar-refractivity contribution in [2.45, 2.75) is 58.9 Å². The number of hydrogen-bond acceptors (Lipinski definition) is 9. The van der Waals surface area contributed by atoms with Crippen molar-refractivity contribution in [2.75, 3.05) is 24.1 Å². The molecule has 0 aliphatic carbocycles. The van der Waals surface area contributed by atoms with E-state index in [0.29, 0.717) is 21.9 Å². The molecule has 1 aliphatic heterocycles. The number of carbonyl (C=O) groups is 1. The average molecular weight is 533 g/mol. The Labute approximate surface area is 218 Å². The quantitative estimate of drug-likeness (QED) is 0.415. The number of ether oxygens (including phenoxy) is 2. The lowest BCUT2D eigenvalue weighted by molar-refractivity contribution is 0.0124. The summed E-state index contributed by atoms with van der Waals surface area (Å²) in [7, 11) is 0. The van der Waals surface area contributed by atoms with Crippen molar-refractivity contribution in [1.29, 1.82) is 0 Å². The smallest absolute Gasteiger partial charge is 0.410 e. The molecule has 0 unspecified atom stereocenters. The standard InChI is InChI=1S/C25H30F2N6O3S/c1-13-8-18(28)17(27)10-20(13)35-22-21(37-14(2)30-22)19-6-7-29-23(32-19)31-16-9-15(26)11-33(12-16)24(34)36-25(3,4)5/h6-8,10,15-16H,9,11-12,28H2,1-5H3,(H,29,31,32)/t15-,16-/m0/s1. The van der Waals surface area contributed by atoms with Crippen LogP contribution in [0.2, 0.25) is 0 Å². The maximum atomic E-state index is 14.5. The van der Waals surface area contributed by atoms with Gasteiger partial charge in [0.1, 0.15) is 28.2 Å². The number of nitrogens with zero attached hydrogens (tertiary/aromatic N) is 4. The van der Waals surface area contributed by atoms with Gasteiger partial charge in [0, 0.05) is 31.3 Å². The number of aryl methyl sites for hydroxylation is 2. The van der Waals surface area contributed by atoms with Crippen LogP contribution in [0.15, 0.2) is 24.4 Å². The van der Waals surface area contributed by atoms with Crippen molar-refractivity contribution in [3.63, 3.8) is 0 Å². The average Bonchev–Trinajstić information content (AvgIpc) is 3.16. The Morgan fingerprint density at radius 2 is 2.00 bits per heavy atom. The number of alkyl halides is 1. The molecular formula is C25H30F2N6O3S. The van der Waals surface area contributed by atoms with Crippen molar-refractivity contribution < 1.29 is 23.0 Å². The number of piperidine rings is 1. The lowest BCUT2D eigenvalue weighted by Gasteiger charge is -2.36. The van der Waals surface area contributed by atoms with E-state index in [1.807, 2.05) is 6.92 Å². The van der Waals surface area contributed by atoms with Gasteiger partial charge in [-0.1, -0.05) is 0 Å². The predicted octanol–water partition coefficient (Wildman–Crippen LogP) is 5.49. The SMILES string of the molecule is Cc1nc(Oc2cc(F)c(N)cc2C)c(-c2ccnc(N[C@H]3C[C@H](F)CN(C(=O)OC(C)(C)C)C3)n2)s1. The molecule has 1 fully saturated rings. The minimum absolute atomic E-state index is 0.0278. The molecule has 1 saturated heterocycles. The first kappa shape index (κ1) is 26.5. The largest absolute Gasteiger partial charge is 0.444 e.